The monoisotopic (exact) mass is 298 g/mol. The fourth-order valence-corrected chi connectivity index (χ4v) is 2.54. The lowest BCUT2D eigenvalue weighted by Gasteiger charge is -2.33. The first-order valence-corrected chi connectivity index (χ1v) is 6.97. The summed E-state index contributed by atoms with van der Waals surface area (Å²) in [5.41, 5.74) is 7.33. The number of amidine groups is 1. The van der Waals surface area contributed by atoms with Gasteiger partial charge in [-0.2, -0.15) is 0 Å². The summed E-state index contributed by atoms with van der Waals surface area (Å²) in [5.74, 6) is 0.0676. The highest BCUT2D eigenvalue weighted by Crippen LogP contribution is 2.26. The van der Waals surface area contributed by atoms with Crippen LogP contribution in [0.2, 0.25) is 5.02 Å². The molecule has 6 heteroatoms. The summed E-state index contributed by atoms with van der Waals surface area (Å²) >= 11 is 6.01. The molecular weight excluding hydrogens is 276 g/mol. The lowest BCUT2D eigenvalue weighted by Crippen LogP contribution is -2.41. The Morgan fingerprint density at radius 3 is 2.60 bits per heavy atom. The highest BCUT2D eigenvalue weighted by Gasteiger charge is 2.18. The Morgan fingerprint density at radius 2 is 2.10 bits per heavy atom. The molecule has 0 heterocycles. The van der Waals surface area contributed by atoms with Crippen molar-refractivity contribution >= 4 is 23.1 Å². The average Bonchev–Trinajstić information content (AvgIpc) is 2.39. The van der Waals surface area contributed by atoms with Gasteiger partial charge in [-0.3, -0.25) is 0 Å². The summed E-state index contributed by atoms with van der Waals surface area (Å²) in [4.78, 5) is 4.34. The van der Waals surface area contributed by atoms with Crippen LogP contribution in [-0.4, -0.2) is 49.2 Å². The van der Waals surface area contributed by atoms with Crippen molar-refractivity contribution < 1.29 is 5.21 Å². The second kappa shape index (κ2) is 7.36. The number of rotatable bonds is 6. The van der Waals surface area contributed by atoms with Crippen LogP contribution in [0, 0.1) is 0 Å². The summed E-state index contributed by atoms with van der Waals surface area (Å²) in [6.45, 7) is 5.96. The minimum atomic E-state index is 0.0676. The second-order valence-electron chi connectivity index (χ2n) is 5.04. The molecule has 1 unspecified atom stereocenters. The van der Waals surface area contributed by atoms with E-state index in [0.29, 0.717) is 16.6 Å². The third-order valence-electron chi connectivity index (χ3n) is 3.15. The van der Waals surface area contributed by atoms with E-state index in [9.17, 15) is 0 Å². The fourth-order valence-electron chi connectivity index (χ4n) is 2.36. The standard InChI is InChI=1S/C14H23ClN4O/c1-5-19(10(2)9-18(3)4)13-7-6-11(15)8-12(13)14(16)17-20/h6-8,10,20H,5,9H2,1-4H3,(H2,16,17). The Labute approximate surface area is 125 Å². The van der Waals surface area contributed by atoms with E-state index in [4.69, 9.17) is 22.5 Å². The molecule has 1 rings (SSSR count). The predicted octanol–water partition coefficient (Wildman–Crippen LogP) is 2.21. The van der Waals surface area contributed by atoms with E-state index < -0.39 is 0 Å². The summed E-state index contributed by atoms with van der Waals surface area (Å²) < 4.78 is 0. The minimum absolute atomic E-state index is 0.0676. The molecule has 0 spiro atoms. The molecular formula is C14H23ClN4O. The number of hydrogen-bond acceptors (Lipinski definition) is 4. The highest BCUT2D eigenvalue weighted by atomic mass is 35.5. The first kappa shape index (κ1) is 16.6. The van der Waals surface area contributed by atoms with E-state index in [0.717, 1.165) is 18.8 Å². The number of benzene rings is 1. The predicted molar refractivity (Wildman–Crippen MR) is 85.0 cm³/mol. The van der Waals surface area contributed by atoms with Crippen molar-refractivity contribution in [3.05, 3.63) is 28.8 Å². The summed E-state index contributed by atoms with van der Waals surface area (Å²) in [6.07, 6.45) is 0. The molecule has 0 saturated carbocycles. The maximum atomic E-state index is 8.94. The third-order valence-corrected chi connectivity index (χ3v) is 3.39. The van der Waals surface area contributed by atoms with Gasteiger partial charge in [-0.15, -0.1) is 0 Å². The van der Waals surface area contributed by atoms with Gasteiger partial charge in [-0.05, 0) is 46.1 Å². The zero-order valence-electron chi connectivity index (χ0n) is 12.5. The van der Waals surface area contributed by atoms with Gasteiger partial charge in [-0.1, -0.05) is 16.8 Å². The molecule has 0 aliphatic rings. The molecule has 0 fully saturated rings. The van der Waals surface area contributed by atoms with Gasteiger partial charge in [0.1, 0.15) is 0 Å². The third kappa shape index (κ3) is 4.02. The average molecular weight is 299 g/mol. The Bertz CT molecular complexity index is 476. The maximum absolute atomic E-state index is 8.94. The van der Waals surface area contributed by atoms with E-state index >= 15 is 0 Å². The van der Waals surface area contributed by atoms with Gasteiger partial charge in [0.15, 0.2) is 5.84 Å². The lowest BCUT2D eigenvalue weighted by atomic mass is 10.1. The largest absolute Gasteiger partial charge is 0.409 e. The maximum Gasteiger partial charge on any atom is 0.172 e. The SMILES string of the molecule is CCN(c1ccc(Cl)cc1/C(N)=N/O)C(C)CN(C)C. The van der Waals surface area contributed by atoms with Crippen molar-refractivity contribution in [1.29, 1.82) is 0 Å². The first-order chi connectivity index (χ1) is 9.40. The van der Waals surface area contributed by atoms with E-state index in [1.807, 2.05) is 26.2 Å². The van der Waals surface area contributed by atoms with Crippen LogP contribution < -0.4 is 10.6 Å². The number of oxime groups is 1. The number of nitrogens with two attached hydrogens (primary N) is 1. The van der Waals surface area contributed by atoms with Crippen molar-refractivity contribution in [2.24, 2.45) is 10.9 Å². The van der Waals surface area contributed by atoms with Crippen molar-refractivity contribution in [3.8, 4) is 0 Å². The van der Waals surface area contributed by atoms with Crippen LogP contribution in [0.15, 0.2) is 23.4 Å². The summed E-state index contributed by atoms with van der Waals surface area (Å²) in [5, 5.41) is 12.6. The Morgan fingerprint density at radius 1 is 1.45 bits per heavy atom. The second-order valence-corrected chi connectivity index (χ2v) is 5.48. The normalized spacial score (nSPS) is 13.6. The molecule has 5 nitrogen and oxygen atoms in total. The van der Waals surface area contributed by atoms with Crippen LogP contribution in [0.4, 0.5) is 5.69 Å². The van der Waals surface area contributed by atoms with Gasteiger partial charge in [0.05, 0.1) is 0 Å². The molecule has 1 aromatic rings. The van der Waals surface area contributed by atoms with Crippen molar-refractivity contribution in [1.82, 2.24) is 4.90 Å². The molecule has 0 amide bonds. The van der Waals surface area contributed by atoms with Crippen molar-refractivity contribution in [3.63, 3.8) is 0 Å². The molecule has 20 heavy (non-hydrogen) atoms. The molecule has 0 aliphatic heterocycles. The van der Waals surface area contributed by atoms with Crippen LogP contribution in [0.1, 0.15) is 19.4 Å². The number of nitrogens with zero attached hydrogens (tertiary/aromatic N) is 3. The zero-order chi connectivity index (χ0) is 15.3. The number of likely N-dealkylation sites (N-methyl/N-ethyl adjacent to an activating group) is 2. The van der Waals surface area contributed by atoms with Gasteiger partial charge >= 0.3 is 0 Å². The topological polar surface area (TPSA) is 65.1 Å². The summed E-state index contributed by atoms with van der Waals surface area (Å²) in [6, 6.07) is 5.74. The Hall–Kier alpha value is -1.46. The van der Waals surface area contributed by atoms with Crippen molar-refractivity contribution in [2.75, 3.05) is 32.1 Å². The molecule has 112 valence electrons. The number of anilines is 1. The van der Waals surface area contributed by atoms with Gasteiger partial charge in [0, 0.05) is 35.4 Å². The fraction of sp³-hybridized carbons (Fsp3) is 0.500. The van der Waals surface area contributed by atoms with Gasteiger partial charge in [0.2, 0.25) is 0 Å². The Kier molecular flexibility index (Phi) is 6.10. The minimum Gasteiger partial charge on any atom is -0.409 e. The molecule has 3 N–H and O–H groups in total. The van der Waals surface area contributed by atoms with Gasteiger partial charge < -0.3 is 20.7 Å². The molecule has 0 bridgehead atoms. The molecule has 0 saturated heterocycles. The van der Waals surface area contributed by atoms with Crippen LogP contribution in [-0.2, 0) is 0 Å². The molecule has 1 aromatic carbocycles. The molecule has 0 aliphatic carbocycles. The molecule has 0 radical (unpaired) electrons. The molecule has 1 atom stereocenters. The number of halogens is 1. The zero-order valence-corrected chi connectivity index (χ0v) is 13.2. The smallest absolute Gasteiger partial charge is 0.172 e. The van der Waals surface area contributed by atoms with Gasteiger partial charge in [0.25, 0.3) is 0 Å². The molecule has 0 aromatic heterocycles. The summed E-state index contributed by atoms with van der Waals surface area (Å²) in [7, 11) is 4.08. The van der Waals surface area contributed by atoms with E-state index in [2.05, 4.69) is 28.8 Å². The first-order valence-electron chi connectivity index (χ1n) is 6.59. The van der Waals surface area contributed by atoms with Crippen LogP contribution in [0.5, 0.6) is 0 Å². The van der Waals surface area contributed by atoms with E-state index in [-0.39, 0.29) is 5.84 Å². The Balaban J connectivity index is 3.21. The quantitative estimate of drug-likeness (QED) is 0.366. The van der Waals surface area contributed by atoms with Crippen LogP contribution >= 0.6 is 11.6 Å². The van der Waals surface area contributed by atoms with Crippen LogP contribution in [0.3, 0.4) is 0 Å². The number of hydrogen-bond donors (Lipinski definition) is 2. The highest BCUT2D eigenvalue weighted by molar-refractivity contribution is 6.31. The van der Waals surface area contributed by atoms with E-state index in [1.165, 1.54) is 0 Å². The van der Waals surface area contributed by atoms with Gasteiger partial charge in [-0.25, -0.2) is 0 Å². The lowest BCUT2D eigenvalue weighted by molar-refractivity contribution is 0.318. The van der Waals surface area contributed by atoms with E-state index in [1.54, 1.807) is 6.07 Å². The van der Waals surface area contributed by atoms with Crippen LogP contribution in [0.25, 0.3) is 0 Å². The van der Waals surface area contributed by atoms with Crippen molar-refractivity contribution in [2.45, 2.75) is 19.9 Å².